The van der Waals surface area contributed by atoms with Crippen molar-refractivity contribution in [2.75, 3.05) is 32.1 Å². The Kier molecular flexibility index (Phi) is 7.82. The number of hydrogen-bond acceptors (Lipinski definition) is 7. The number of aromatic nitrogens is 1. The Morgan fingerprint density at radius 1 is 1.10 bits per heavy atom. The SMILES string of the molecule is COc1cc(-c2ccc3ncc(C(=O)C4CC4)c(NCC4CCN(C(=O)OC(C)(C)C)CC4)c3c2)cc(Cl)c1O. The van der Waals surface area contributed by atoms with Crippen LogP contribution in [0.3, 0.4) is 0 Å². The van der Waals surface area contributed by atoms with Crippen molar-refractivity contribution in [3.8, 4) is 22.6 Å². The Morgan fingerprint density at radius 2 is 1.82 bits per heavy atom. The van der Waals surface area contributed by atoms with Crippen molar-refractivity contribution in [2.45, 2.75) is 52.1 Å². The third-order valence-corrected chi connectivity index (χ3v) is 7.79. The number of phenols is 1. The molecule has 8 nitrogen and oxygen atoms in total. The van der Waals surface area contributed by atoms with Gasteiger partial charge in [0.05, 0.1) is 28.9 Å². The van der Waals surface area contributed by atoms with Crippen molar-refractivity contribution < 1.29 is 24.2 Å². The maximum Gasteiger partial charge on any atom is 0.410 e. The number of aromatic hydroxyl groups is 1. The van der Waals surface area contributed by atoms with Crippen molar-refractivity contribution >= 4 is 40.1 Å². The van der Waals surface area contributed by atoms with Gasteiger partial charge in [-0.25, -0.2) is 4.79 Å². The minimum atomic E-state index is -0.516. The average Bonchev–Trinajstić information content (AvgIpc) is 3.77. The highest BCUT2D eigenvalue weighted by Gasteiger charge is 2.33. The smallest absolute Gasteiger partial charge is 0.410 e. The number of nitrogens with zero attached hydrogens (tertiary/aromatic N) is 2. The third-order valence-electron chi connectivity index (χ3n) is 7.50. The summed E-state index contributed by atoms with van der Waals surface area (Å²) in [7, 11) is 1.48. The number of carbonyl (C=O) groups is 2. The van der Waals surface area contributed by atoms with Crippen LogP contribution in [0.1, 0.15) is 56.8 Å². The summed E-state index contributed by atoms with van der Waals surface area (Å²) < 4.78 is 10.8. The topological polar surface area (TPSA) is 101 Å². The number of likely N-dealkylation sites (tertiary alicyclic amines) is 1. The second kappa shape index (κ2) is 11.2. The maximum atomic E-state index is 13.3. The van der Waals surface area contributed by atoms with E-state index in [1.54, 1.807) is 23.2 Å². The Bertz CT molecular complexity index is 1440. The molecule has 1 amide bonds. The Hall–Kier alpha value is -3.52. The lowest BCUT2D eigenvalue weighted by atomic mass is 9.95. The zero-order valence-corrected chi connectivity index (χ0v) is 24.2. The van der Waals surface area contributed by atoms with Crippen LogP contribution in [0.25, 0.3) is 22.0 Å². The van der Waals surface area contributed by atoms with E-state index in [1.807, 2.05) is 39.0 Å². The van der Waals surface area contributed by atoms with Crippen LogP contribution in [-0.4, -0.2) is 59.2 Å². The average molecular weight is 566 g/mol. The lowest BCUT2D eigenvalue weighted by Crippen LogP contribution is -2.42. The van der Waals surface area contributed by atoms with Gasteiger partial charge >= 0.3 is 6.09 Å². The minimum Gasteiger partial charge on any atom is -0.503 e. The van der Waals surface area contributed by atoms with Crippen LogP contribution in [-0.2, 0) is 4.74 Å². The number of benzene rings is 2. The summed E-state index contributed by atoms with van der Waals surface area (Å²) in [5, 5.41) is 14.8. The van der Waals surface area contributed by atoms with Gasteiger partial charge in [0, 0.05) is 37.1 Å². The number of fused-ring (bicyclic) bond motifs is 1. The molecule has 1 aliphatic carbocycles. The molecule has 1 aliphatic heterocycles. The van der Waals surface area contributed by atoms with Gasteiger partial charge in [-0.1, -0.05) is 17.7 Å². The van der Waals surface area contributed by atoms with E-state index in [0.717, 1.165) is 53.4 Å². The number of piperidine rings is 1. The Labute approximate surface area is 239 Å². The van der Waals surface area contributed by atoms with E-state index in [2.05, 4.69) is 10.3 Å². The van der Waals surface area contributed by atoms with Crippen molar-refractivity contribution in [1.82, 2.24) is 9.88 Å². The summed E-state index contributed by atoms with van der Waals surface area (Å²) in [5.74, 6) is 0.702. The zero-order valence-electron chi connectivity index (χ0n) is 23.4. The van der Waals surface area contributed by atoms with Gasteiger partial charge in [0.15, 0.2) is 17.3 Å². The highest BCUT2D eigenvalue weighted by Crippen LogP contribution is 2.41. The molecule has 2 aliphatic rings. The first-order valence-corrected chi connectivity index (χ1v) is 14.2. The third kappa shape index (κ3) is 6.12. The molecule has 9 heteroatoms. The molecule has 0 radical (unpaired) electrons. The molecule has 2 aromatic carbocycles. The van der Waals surface area contributed by atoms with Crippen molar-refractivity contribution in [3.63, 3.8) is 0 Å². The molecule has 0 unspecified atom stereocenters. The standard InChI is InChI=1S/C31H36ClN3O5/c1-31(2,3)40-30(38)35-11-9-18(10-12-35)16-34-27-22-13-20(21-14-24(32)29(37)26(15-21)39-4)7-8-25(22)33-17-23(27)28(36)19-5-6-19/h7-8,13-15,17-19,37H,5-6,9-12,16H2,1-4H3,(H,33,34). The summed E-state index contributed by atoms with van der Waals surface area (Å²) in [6.45, 7) is 7.58. The van der Waals surface area contributed by atoms with Gasteiger partial charge in [-0.05, 0) is 87.8 Å². The first-order valence-electron chi connectivity index (χ1n) is 13.8. The Balaban J connectivity index is 1.41. The first kappa shape index (κ1) is 28.0. The van der Waals surface area contributed by atoms with E-state index in [0.29, 0.717) is 31.1 Å². The summed E-state index contributed by atoms with van der Waals surface area (Å²) in [6.07, 6.45) is 4.93. The molecular weight excluding hydrogens is 530 g/mol. The largest absolute Gasteiger partial charge is 0.503 e. The van der Waals surface area contributed by atoms with Gasteiger partial charge in [-0.3, -0.25) is 9.78 Å². The van der Waals surface area contributed by atoms with Gasteiger partial charge in [0.1, 0.15) is 5.60 Å². The lowest BCUT2D eigenvalue weighted by molar-refractivity contribution is 0.0188. The van der Waals surface area contributed by atoms with E-state index >= 15 is 0 Å². The van der Waals surface area contributed by atoms with Gasteiger partial charge in [-0.2, -0.15) is 0 Å². The molecular formula is C31H36ClN3O5. The van der Waals surface area contributed by atoms with Gasteiger partial charge in [0.2, 0.25) is 0 Å². The van der Waals surface area contributed by atoms with Crippen molar-refractivity contribution in [1.29, 1.82) is 0 Å². The fourth-order valence-corrected chi connectivity index (χ4v) is 5.31. The van der Waals surface area contributed by atoms with Crippen LogP contribution in [0.15, 0.2) is 36.5 Å². The molecule has 1 aromatic heterocycles. The van der Waals surface area contributed by atoms with E-state index in [-0.39, 0.29) is 34.3 Å². The number of carbonyl (C=O) groups excluding carboxylic acids is 2. The van der Waals surface area contributed by atoms with Crippen molar-refractivity contribution in [2.24, 2.45) is 11.8 Å². The normalized spacial score (nSPS) is 16.2. The molecule has 0 spiro atoms. The lowest BCUT2D eigenvalue weighted by Gasteiger charge is -2.33. The predicted molar refractivity (Wildman–Crippen MR) is 156 cm³/mol. The number of amides is 1. The number of methoxy groups -OCH3 is 1. The maximum absolute atomic E-state index is 13.3. The molecule has 2 N–H and O–H groups in total. The number of hydrogen-bond donors (Lipinski definition) is 2. The number of rotatable bonds is 7. The molecule has 1 saturated carbocycles. The Morgan fingerprint density at radius 3 is 2.48 bits per heavy atom. The number of phenolic OH excluding ortho intramolecular Hbond substituents is 1. The summed E-state index contributed by atoms with van der Waals surface area (Å²) in [5.41, 5.74) is 3.29. The molecule has 40 heavy (non-hydrogen) atoms. The summed E-state index contributed by atoms with van der Waals surface area (Å²) >= 11 is 6.27. The quantitative estimate of drug-likeness (QED) is 0.300. The van der Waals surface area contributed by atoms with E-state index in [4.69, 9.17) is 21.1 Å². The monoisotopic (exact) mass is 565 g/mol. The summed E-state index contributed by atoms with van der Waals surface area (Å²) in [6, 6.07) is 9.30. The van der Waals surface area contributed by atoms with E-state index < -0.39 is 5.60 Å². The number of ether oxygens (including phenoxy) is 2. The number of anilines is 1. The van der Waals surface area contributed by atoms with Crippen LogP contribution >= 0.6 is 11.6 Å². The fourth-order valence-electron chi connectivity index (χ4n) is 5.10. The van der Waals surface area contributed by atoms with Crippen LogP contribution in [0.5, 0.6) is 11.5 Å². The van der Waals surface area contributed by atoms with Gasteiger partial charge in [-0.15, -0.1) is 0 Å². The van der Waals surface area contributed by atoms with Crippen LogP contribution in [0.2, 0.25) is 5.02 Å². The summed E-state index contributed by atoms with van der Waals surface area (Å²) in [4.78, 5) is 32.1. The van der Waals surface area contributed by atoms with Gasteiger partial charge < -0.3 is 24.8 Å². The molecule has 212 valence electrons. The predicted octanol–water partition coefficient (Wildman–Crippen LogP) is 6.92. The molecule has 0 bridgehead atoms. The number of pyridine rings is 1. The molecule has 3 aromatic rings. The number of halogens is 1. The minimum absolute atomic E-state index is 0.0558. The number of ketones is 1. The molecule has 2 fully saturated rings. The molecule has 0 atom stereocenters. The van der Waals surface area contributed by atoms with Crippen LogP contribution in [0, 0.1) is 11.8 Å². The fraction of sp³-hybridized carbons (Fsp3) is 0.452. The van der Waals surface area contributed by atoms with E-state index in [9.17, 15) is 14.7 Å². The van der Waals surface area contributed by atoms with Crippen LogP contribution in [0.4, 0.5) is 10.5 Å². The second-order valence-electron chi connectivity index (χ2n) is 11.7. The highest BCUT2D eigenvalue weighted by molar-refractivity contribution is 6.32. The molecule has 1 saturated heterocycles. The van der Waals surface area contributed by atoms with Gasteiger partial charge in [0.25, 0.3) is 0 Å². The molecule has 2 heterocycles. The molecule has 5 rings (SSSR count). The first-order chi connectivity index (χ1) is 19.0. The number of Topliss-reactive ketones (excluding diaryl/α,β-unsaturated/α-hetero) is 1. The second-order valence-corrected chi connectivity index (χ2v) is 12.1. The number of nitrogens with one attached hydrogen (secondary N) is 1. The van der Waals surface area contributed by atoms with Crippen LogP contribution < -0.4 is 10.1 Å². The zero-order chi connectivity index (χ0) is 28.6. The highest BCUT2D eigenvalue weighted by atomic mass is 35.5. The van der Waals surface area contributed by atoms with Crippen molar-refractivity contribution in [3.05, 3.63) is 47.1 Å². The van der Waals surface area contributed by atoms with E-state index in [1.165, 1.54) is 7.11 Å².